The lowest BCUT2D eigenvalue weighted by molar-refractivity contribution is -0.152. The van der Waals surface area contributed by atoms with Crippen LogP contribution in [-0.2, 0) is 14.3 Å². The van der Waals surface area contributed by atoms with Gasteiger partial charge in [-0.05, 0) is 19.4 Å². The summed E-state index contributed by atoms with van der Waals surface area (Å²) in [7, 11) is 1.34. The normalized spacial score (nSPS) is 29.8. The molecule has 1 N–H and O–H groups in total. The molecule has 4 heteroatoms. The fourth-order valence-corrected chi connectivity index (χ4v) is 1.69. The Morgan fingerprint density at radius 1 is 1.85 bits per heavy atom. The Kier molecular flexibility index (Phi) is 2.92. The summed E-state index contributed by atoms with van der Waals surface area (Å²) in [5.41, 5.74) is -0.628. The maximum Gasteiger partial charge on any atom is 0.313 e. The van der Waals surface area contributed by atoms with Crippen molar-refractivity contribution in [2.24, 2.45) is 5.41 Å². The van der Waals surface area contributed by atoms with Gasteiger partial charge in [0, 0.05) is 13.0 Å². The molecular weight excluding hydrogens is 170 g/mol. The summed E-state index contributed by atoms with van der Waals surface area (Å²) >= 11 is 0. The predicted molar refractivity (Wildman–Crippen MR) is 47.2 cm³/mol. The van der Waals surface area contributed by atoms with Crippen LogP contribution < -0.4 is 5.31 Å². The van der Waals surface area contributed by atoms with Crippen LogP contribution in [-0.4, -0.2) is 32.5 Å². The summed E-state index contributed by atoms with van der Waals surface area (Å²) in [6.45, 7) is 0.932. The van der Waals surface area contributed by atoms with Crippen molar-refractivity contribution in [2.75, 3.05) is 20.2 Å². The van der Waals surface area contributed by atoms with Crippen LogP contribution in [0.3, 0.4) is 0 Å². The molecule has 0 saturated carbocycles. The molecule has 1 heterocycles. The number of methoxy groups -OCH3 is 1. The van der Waals surface area contributed by atoms with Gasteiger partial charge in [-0.1, -0.05) is 0 Å². The molecule has 0 aliphatic carbocycles. The number of carbonyl (C=O) groups excluding carboxylic acids is 2. The second kappa shape index (κ2) is 4.37. The number of hydrogen-bond donors (Lipinski definition) is 1. The first-order chi connectivity index (χ1) is 6.64. The van der Waals surface area contributed by atoms with Crippen molar-refractivity contribution in [3.8, 4) is 0 Å². The topological polar surface area (TPSA) is 55.4 Å². The summed E-state index contributed by atoms with van der Waals surface area (Å²) in [4.78, 5) is 21.8. The molecule has 0 spiro atoms. The average Bonchev–Trinajstić information content (AvgIpc) is 2.57. The first-order valence-corrected chi connectivity index (χ1v) is 4.40. The maximum absolute atomic E-state index is 11.5. The van der Waals surface area contributed by atoms with Crippen LogP contribution >= 0.6 is 0 Å². The van der Waals surface area contributed by atoms with Crippen LogP contribution in [0.5, 0.6) is 0 Å². The standard InChI is InChI=1S/C9H15NO3/c1-13-8(12)9(3-2-6-11)4-5-10-7-9/h6,10H,2-5,7H2,1H3/i/hT. The largest absolute Gasteiger partial charge is 0.469 e. The van der Waals surface area contributed by atoms with Crippen molar-refractivity contribution in [1.29, 1.82) is 0 Å². The van der Waals surface area contributed by atoms with Crippen molar-refractivity contribution >= 4 is 12.3 Å². The minimum atomic E-state index is -0.628. The van der Waals surface area contributed by atoms with E-state index in [-0.39, 0.29) is 5.97 Å². The summed E-state index contributed by atoms with van der Waals surface area (Å²) in [5, 5.41) is 1.35. The van der Waals surface area contributed by atoms with Gasteiger partial charge in [0.1, 0.15) is 7.70 Å². The van der Waals surface area contributed by atoms with E-state index in [9.17, 15) is 9.59 Å². The van der Waals surface area contributed by atoms with Gasteiger partial charge in [0.15, 0.2) is 0 Å². The highest BCUT2D eigenvalue weighted by atomic mass is 16.5. The maximum atomic E-state index is 11.5. The van der Waals surface area contributed by atoms with Crippen molar-refractivity contribution in [1.82, 2.24) is 5.31 Å². The number of ether oxygens (including phenoxy) is 1. The average molecular weight is 187 g/mol. The molecule has 1 fully saturated rings. The van der Waals surface area contributed by atoms with Gasteiger partial charge >= 0.3 is 5.97 Å². The molecule has 74 valence electrons. The monoisotopic (exact) mass is 187 g/mol. The van der Waals surface area contributed by atoms with Gasteiger partial charge in [-0.15, -0.1) is 0 Å². The number of esters is 1. The van der Waals surface area contributed by atoms with Gasteiger partial charge in [0.2, 0.25) is 0 Å². The molecule has 0 amide bonds. The van der Waals surface area contributed by atoms with Crippen molar-refractivity contribution in [3.63, 3.8) is 0 Å². The lowest BCUT2D eigenvalue weighted by Gasteiger charge is -2.23. The molecule has 0 aromatic heterocycles. The Hall–Kier alpha value is -0.900. The van der Waals surface area contributed by atoms with E-state index in [2.05, 4.69) is 0 Å². The molecular formula is C9H15NO3. The predicted octanol–water partition coefficient (Wildman–Crippen LogP) is 0.118. The minimum absolute atomic E-state index is 0.297. The van der Waals surface area contributed by atoms with Crippen LogP contribution in [0.25, 0.3) is 0 Å². The smallest absolute Gasteiger partial charge is 0.313 e. The number of hydrogen-bond acceptors (Lipinski definition) is 4. The van der Waals surface area contributed by atoms with Gasteiger partial charge in [-0.3, -0.25) is 4.79 Å². The summed E-state index contributed by atoms with van der Waals surface area (Å²) in [5.74, 6) is -0.297. The molecule has 1 saturated heterocycles. The van der Waals surface area contributed by atoms with Gasteiger partial charge < -0.3 is 14.8 Å². The molecule has 0 radical (unpaired) electrons. The van der Waals surface area contributed by atoms with E-state index < -0.39 is 5.41 Å². The van der Waals surface area contributed by atoms with Crippen LogP contribution in [0.4, 0.5) is 0 Å². The zero-order valence-corrected chi connectivity index (χ0v) is 7.78. The molecule has 0 bridgehead atoms. The molecule has 1 atom stereocenters. The van der Waals surface area contributed by atoms with Crippen LogP contribution in [0.2, 0.25) is 1.41 Å². The molecule has 1 aliphatic heterocycles. The van der Waals surface area contributed by atoms with E-state index in [0.717, 1.165) is 6.29 Å². The molecule has 4 nitrogen and oxygen atoms in total. The molecule has 0 aromatic carbocycles. The summed E-state index contributed by atoms with van der Waals surface area (Å²) in [6.07, 6.45) is 2.25. The first kappa shape index (κ1) is 8.69. The summed E-state index contributed by atoms with van der Waals surface area (Å²) < 4.78 is 12.1. The first-order valence-electron chi connectivity index (χ1n) is 4.85. The van der Waals surface area contributed by atoms with Crippen molar-refractivity contribution in [3.05, 3.63) is 0 Å². The zero-order valence-electron chi connectivity index (χ0n) is 8.78. The SMILES string of the molecule is [3H]N1CCC(CCC=O)(C(=O)OC)C1. The number of rotatable bonds is 4. The van der Waals surface area contributed by atoms with E-state index in [1.54, 1.807) is 0 Å². The van der Waals surface area contributed by atoms with Crippen LogP contribution in [0.15, 0.2) is 0 Å². The van der Waals surface area contributed by atoms with Gasteiger partial charge in [-0.2, -0.15) is 0 Å². The van der Waals surface area contributed by atoms with E-state index >= 15 is 0 Å². The Balaban J connectivity index is 2.69. The lowest BCUT2D eigenvalue weighted by atomic mass is 9.82. The zero-order chi connectivity index (χ0) is 10.6. The second-order valence-electron chi connectivity index (χ2n) is 3.33. The number of aldehydes is 1. The van der Waals surface area contributed by atoms with Crippen molar-refractivity contribution in [2.45, 2.75) is 19.3 Å². The van der Waals surface area contributed by atoms with Crippen LogP contribution in [0, 0.1) is 5.41 Å². The van der Waals surface area contributed by atoms with Gasteiger partial charge in [0.05, 0.1) is 12.5 Å². The molecule has 0 aromatic rings. The second-order valence-corrected chi connectivity index (χ2v) is 3.33. The third-order valence-electron chi connectivity index (χ3n) is 2.52. The molecule has 1 unspecified atom stereocenters. The van der Waals surface area contributed by atoms with Gasteiger partial charge in [0.25, 0.3) is 0 Å². The van der Waals surface area contributed by atoms with Crippen LogP contribution in [0.1, 0.15) is 19.3 Å². The van der Waals surface area contributed by atoms with Gasteiger partial charge in [-0.25, -0.2) is 0 Å². The lowest BCUT2D eigenvalue weighted by Crippen LogP contribution is -2.34. The third kappa shape index (κ3) is 2.06. The molecule has 1 aliphatic rings. The summed E-state index contributed by atoms with van der Waals surface area (Å²) in [6, 6.07) is 0. The highest BCUT2D eigenvalue weighted by Crippen LogP contribution is 2.31. The highest BCUT2D eigenvalue weighted by molar-refractivity contribution is 5.77. The fourth-order valence-electron chi connectivity index (χ4n) is 1.69. The van der Waals surface area contributed by atoms with E-state index in [4.69, 9.17) is 6.15 Å². The van der Waals surface area contributed by atoms with Crippen molar-refractivity contribution < 1.29 is 15.7 Å². The number of carbonyl (C=O) groups is 2. The Bertz CT molecular complexity index is 234. The van der Waals surface area contributed by atoms with E-state index in [1.807, 2.05) is 0 Å². The Morgan fingerprint density at radius 3 is 3.08 bits per heavy atom. The molecule has 13 heavy (non-hydrogen) atoms. The minimum Gasteiger partial charge on any atom is -0.469 e. The third-order valence-corrected chi connectivity index (χ3v) is 2.52. The fraction of sp³-hybridized carbons (Fsp3) is 0.778. The highest BCUT2D eigenvalue weighted by Gasteiger charge is 2.41. The Labute approximate surface area is 79.1 Å². The van der Waals surface area contributed by atoms with E-state index in [0.29, 0.717) is 32.4 Å². The quantitative estimate of drug-likeness (QED) is 0.501. The Morgan fingerprint density at radius 2 is 2.62 bits per heavy atom. The molecule has 1 rings (SSSR count). The number of nitrogens with one attached hydrogen (secondary N) is 1. The van der Waals surface area contributed by atoms with E-state index in [1.165, 1.54) is 12.4 Å².